The van der Waals surface area contributed by atoms with Crippen LogP contribution in [0.2, 0.25) is 0 Å². The average Bonchev–Trinajstić information content (AvgIpc) is 3.51. The highest BCUT2D eigenvalue weighted by atomic mass is 32.2. The summed E-state index contributed by atoms with van der Waals surface area (Å²) in [7, 11) is -4.17. The summed E-state index contributed by atoms with van der Waals surface area (Å²) in [6, 6.07) is 10.9. The average molecular weight is 419 g/mol. The molecule has 1 aliphatic carbocycles. The Labute approximate surface area is 168 Å². The predicted molar refractivity (Wildman–Crippen MR) is 106 cm³/mol. The first-order valence-corrected chi connectivity index (χ1v) is 10.7. The molecule has 3 N–H and O–H groups in total. The minimum Gasteiger partial charge on any atom is -0.351 e. The maximum Gasteiger partial charge on any atom is 0.244 e. The second-order valence-corrected chi connectivity index (χ2v) is 8.64. The molecule has 9 heteroatoms. The molecule has 0 bridgehead atoms. The van der Waals surface area contributed by atoms with Gasteiger partial charge in [-0.3, -0.25) is 9.59 Å². The highest BCUT2D eigenvalue weighted by molar-refractivity contribution is 7.89. The fourth-order valence-corrected chi connectivity index (χ4v) is 3.99. The Balaban J connectivity index is 1.56. The first kappa shape index (κ1) is 20.9. The highest BCUT2D eigenvalue weighted by Gasteiger charge is 2.29. The van der Waals surface area contributed by atoms with Crippen LogP contribution in [0.4, 0.5) is 10.1 Å². The molecule has 2 amide bonds. The second-order valence-electron chi connectivity index (χ2n) is 6.96. The Bertz CT molecular complexity index is 1020. The van der Waals surface area contributed by atoms with Crippen LogP contribution in [0.1, 0.15) is 25.3 Å². The lowest BCUT2D eigenvalue weighted by Crippen LogP contribution is -2.44. The van der Waals surface area contributed by atoms with Crippen molar-refractivity contribution >= 4 is 27.5 Å². The molecule has 7 nitrogen and oxygen atoms in total. The number of nitrogens with one attached hydrogen (secondary N) is 3. The van der Waals surface area contributed by atoms with Gasteiger partial charge >= 0.3 is 0 Å². The third-order valence-electron chi connectivity index (χ3n) is 4.46. The summed E-state index contributed by atoms with van der Waals surface area (Å²) in [6.07, 6.45) is 1.81. The van der Waals surface area contributed by atoms with E-state index in [0.29, 0.717) is 5.69 Å². The van der Waals surface area contributed by atoms with Gasteiger partial charge in [0, 0.05) is 18.2 Å². The third-order valence-corrected chi connectivity index (χ3v) is 6.03. The van der Waals surface area contributed by atoms with Crippen molar-refractivity contribution in [2.45, 2.75) is 37.2 Å². The number of anilines is 1. The number of carbonyl (C=O) groups is 2. The van der Waals surface area contributed by atoms with Gasteiger partial charge in [-0.25, -0.2) is 12.8 Å². The van der Waals surface area contributed by atoms with Crippen LogP contribution in [0.25, 0.3) is 0 Å². The summed E-state index contributed by atoms with van der Waals surface area (Å²) in [4.78, 5) is 23.6. The summed E-state index contributed by atoms with van der Waals surface area (Å²) in [5.74, 6) is -1.38. The zero-order valence-corrected chi connectivity index (χ0v) is 16.6. The maximum absolute atomic E-state index is 13.7. The number of benzene rings is 2. The number of hydrogen-bond acceptors (Lipinski definition) is 4. The van der Waals surface area contributed by atoms with Crippen molar-refractivity contribution in [3.63, 3.8) is 0 Å². The van der Waals surface area contributed by atoms with Crippen LogP contribution in [-0.4, -0.2) is 26.3 Å². The molecule has 0 radical (unpaired) electrons. The topological polar surface area (TPSA) is 104 Å². The van der Waals surface area contributed by atoms with Crippen LogP contribution >= 0.6 is 0 Å². The number of rotatable bonds is 8. The minimum atomic E-state index is -4.17. The molecule has 1 atom stereocenters. The molecule has 1 saturated carbocycles. The van der Waals surface area contributed by atoms with Gasteiger partial charge in [-0.05, 0) is 49.6 Å². The van der Waals surface area contributed by atoms with Crippen molar-refractivity contribution in [2.75, 3.05) is 5.32 Å². The lowest BCUT2D eigenvalue weighted by molar-refractivity contribution is -0.122. The van der Waals surface area contributed by atoms with Crippen molar-refractivity contribution < 1.29 is 22.4 Å². The zero-order chi connectivity index (χ0) is 21.0. The van der Waals surface area contributed by atoms with Crippen LogP contribution in [0.3, 0.4) is 0 Å². The smallest absolute Gasteiger partial charge is 0.244 e. The Morgan fingerprint density at radius 1 is 1.14 bits per heavy atom. The third kappa shape index (κ3) is 5.61. The van der Waals surface area contributed by atoms with Gasteiger partial charge in [0.1, 0.15) is 10.7 Å². The molecule has 0 spiro atoms. The van der Waals surface area contributed by atoms with E-state index in [4.69, 9.17) is 0 Å². The van der Waals surface area contributed by atoms with Gasteiger partial charge in [0.15, 0.2) is 0 Å². The van der Waals surface area contributed by atoms with Gasteiger partial charge in [0.2, 0.25) is 21.8 Å². The van der Waals surface area contributed by atoms with Gasteiger partial charge in [0.25, 0.3) is 0 Å². The van der Waals surface area contributed by atoms with Gasteiger partial charge < -0.3 is 10.6 Å². The van der Waals surface area contributed by atoms with E-state index in [1.54, 1.807) is 24.3 Å². The summed E-state index contributed by atoms with van der Waals surface area (Å²) in [5.41, 5.74) is 1.39. The van der Waals surface area contributed by atoms with Crippen molar-refractivity contribution in [1.82, 2.24) is 10.0 Å². The first-order valence-electron chi connectivity index (χ1n) is 9.20. The molecule has 1 aliphatic rings. The van der Waals surface area contributed by atoms with E-state index in [9.17, 15) is 22.4 Å². The molecular weight excluding hydrogens is 397 g/mol. The zero-order valence-electron chi connectivity index (χ0n) is 15.8. The molecule has 0 saturated heterocycles. The molecule has 1 fully saturated rings. The Morgan fingerprint density at radius 3 is 2.55 bits per heavy atom. The Morgan fingerprint density at radius 2 is 1.86 bits per heavy atom. The number of sulfonamides is 1. The lowest BCUT2D eigenvalue weighted by Gasteiger charge is -2.15. The first-order chi connectivity index (χ1) is 13.8. The fraction of sp³-hybridized carbons (Fsp3) is 0.300. The molecule has 154 valence electrons. The van der Waals surface area contributed by atoms with Crippen LogP contribution in [-0.2, 0) is 26.2 Å². The molecule has 0 aliphatic heterocycles. The van der Waals surface area contributed by atoms with Crippen molar-refractivity contribution in [3.05, 3.63) is 59.9 Å². The van der Waals surface area contributed by atoms with E-state index >= 15 is 0 Å². The number of halogens is 1. The van der Waals surface area contributed by atoms with E-state index in [-0.39, 0.29) is 18.4 Å². The van der Waals surface area contributed by atoms with Gasteiger partial charge in [-0.1, -0.05) is 24.3 Å². The predicted octanol–water partition coefficient (Wildman–Crippen LogP) is 2.16. The molecular formula is C20H22FN3O4S. The van der Waals surface area contributed by atoms with E-state index in [0.717, 1.165) is 30.5 Å². The Hall–Kier alpha value is -2.78. The molecule has 0 unspecified atom stereocenters. The lowest BCUT2D eigenvalue weighted by atomic mass is 10.2. The molecule has 0 heterocycles. The molecule has 29 heavy (non-hydrogen) atoms. The largest absolute Gasteiger partial charge is 0.351 e. The number of amides is 2. The van der Waals surface area contributed by atoms with Crippen molar-refractivity contribution in [2.24, 2.45) is 5.92 Å². The molecule has 3 rings (SSSR count). The normalized spacial score (nSPS) is 14.8. The number of hydrogen-bond donors (Lipinski definition) is 3. The van der Waals surface area contributed by atoms with E-state index < -0.39 is 32.7 Å². The van der Waals surface area contributed by atoms with Gasteiger partial charge in [-0.15, -0.1) is 0 Å². The summed E-state index contributed by atoms with van der Waals surface area (Å²) in [5, 5.41) is 5.46. The monoisotopic (exact) mass is 419 g/mol. The van der Waals surface area contributed by atoms with E-state index in [1.807, 2.05) is 0 Å². The van der Waals surface area contributed by atoms with Crippen molar-refractivity contribution in [1.29, 1.82) is 0 Å². The van der Waals surface area contributed by atoms with Gasteiger partial charge in [0.05, 0.1) is 6.04 Å². The quantitative estimate of drug-likeness (QED) is 0.610. The Kier molecular flexibility index (Phi) is 6.29. The van der Waals surface area contributed by atoms with Crippen LogP contribution in [0.15, 0.2) is 53.4 Å². The van der Waals surface area contributed by atoms with Crippen LogP contribution in [0.5, 0.6) is 0 Å². The molecule has 2 aromatic rings. The van der Waals surface area contributed by atoms with Crippen LogP contribution < -0.4 is 15.4 Å². The molecule has 0 aromatic heterocycles. The summed E-state index contributed by atoms with van der Waals surface area (Å²) in [6.45, 7) is 1.53. The van der Waals surface area contributed by atoms with E-state index in [1.165, 1.54) is 19.1 Å². The second kappa shape index (κ2) is 8.71. The maximum atomic E-state index is 13.7. The SMILES string of the molecule is C[C@@H](NS(=O)(=O)c1ccccc1F)C(=O)NCc1cccc(NC(=O)C2CC2)c1. The summed E-state index contributed by atoms with van der Waals surface area (Å²) < 4.78 is 40.5. The number of carbonyl (C=O) groups excluding carboxylic acids is 2. The fourth-order valence-electron chi connectivity index (χ4n) is 2.70. The standard InChI is InChI=1S/C20H22FN3O4S/c1-13(24-29(27,28)18-8-3-2-7-17(18)21)19(25)22-12-14-5-4-6-16(11-14)23-20(26)15-9-10-15/h2-8,11,13,15,24H,9-10,12H2,1H3,(H,22,25)(H,23,26)/t13-/m1/s1. The van der Waals surface area contributed by atoms with E-state index in [2.05, 4.69) is 15.4 Å². The van der Waals surface area contributed by atoms with Crippen molar-refractivity contribution in [3.8, 4) is 0 Å². The van der Waals surface area contributed by atoms with Gasteiger partial charge in [-0.2, -0.15) is 4.72 Å². The summed E-state index contributed by atoms with van der Waals surface area (Å²) >= 11 is 0. The molecule has 2 aromatic carbocycles. The van der Waals surface area contributed by atoms with Crippen LogP contribution in [0, 0.1) is 11.7 Å². The minimum absolute atomic E-state index is 0.0117. The highest BCUT2D eigenvalue weighted by Crippen LogP contribution is 2.30.